The first-order valence-electron chi connectivity index (χ1n) is 9.65. The number of likely N-dealkylation sites (tertiary alicyclic amines) is 1. The first-order valence-corrected chi connectivity index (χ1v) is 9.65. The van der Waals surface area contributed by atoms with Gasteiger partial charge >= 0.3 is 0 Å². The number of anilines is 1. The van der Waals surface area contributed by atoms with E-state index in [4.69, 9.17) is 5.73 Å². The summed E-state index contributed by atoms with van der Waals surface area (Å²) < 4.78 is 13.6. The van der Waals surface area contributed by atoms with E-state index < -0.39 is 22.3 Å². The summed E-state index contributed by atoms with van der Waals surface area (Å²) in [6, 6.07) is 9.52. The van der Waals surface area contributed by atoms with Gasteiger partial charge in [-0.15, -0.1) is 0 Å². The highest BCUT2D eigenvalue weighted by atomic mass is 19.1. The number of nitro benzene ring substituents is 1. The minimum Gasteiger partial charge on any atom is -0.393 e. The second-order valence-corrected chi connectivity index (χ2v) is 7.60. The second kappa shape index (κ2) is 9.00. The Morgan fingerprint density at radius 3 is 2.48 bits per heavy atom. The van der Waals surface area contributed by atoms with Crippen molar-refractivity contribution in [2.45, 2.75) is 32.9 Å². The van der Waals surface area contributed by atoms with E-state index in [9.17, 15) is 19.3 Å². The average Bonchev–Trinajstić information content (AvgIpc) is 2.70. The van der Waals surface area contributed by atoms with Crippen LogP contribution in [0.5, 0.6) is 0 Å². The lowest BCUT2D eigenvalue weighted by atomic mass is 9.99. The van der Waals surface area contributed by atoms with Gasteiger partial charge in [0.05, 0.1) is 16.6 Å². The van der Waals surface area contributed by atoms with Crippen LogP contribution in [-0.4, -0.2) is 28.8 Å². The Balaban J connectivity index is 1.59. The van der Waals surface area contributed by atoms with Gasteiger partial charge in [-0.25, -0.2) is 4.39 Å². The van der Waals surface area contributed by atoms with E-state index in [0.29, 0.717) is 6.07 Å². The van der Waals surface area contributed by atoms with Crippen molar-refractivity contribution in [2.24, 2.45) is 5.92 Å². The van der Waals surface area contributed by atoms with Crippen LogP contribution in [0.2, 0.25) is 0 Å². The van der Waals surface area contributed by atoms with Gasteiger partial charge in [0.15, 0.2) is 0 Å². The zero-order chi connectivity index (χ0) is 21.0. The van der Waals surface area contributed by atoms with Gasteiger partial charge in [-0.05, 0) is 49.0 Å². The molecule has 0 radical (unpaired) electrons. The van der Waals surface area contributed by atoms with Crippen LogP contribution >= 0.6 is 0 Å². The Morgan fingerprint density at radius 1 is 1.24 bits per heavy atom. The number of piperidine rings is 1. The molecule has 3 N–H and O–H groups in total. The van der Waals surface area contributed by atoms with E-state index in [-0.39, 0.29) is 17.8 Å². The van der Waals surface area contributed by atoms with Crippen LogP contribution < -0.4 is 11.1 Å². The Bertz CT molecular complexity index is 894. The van der Waals surface area contributed by atoms with Crippen LogP contribution in [0.3, 0.4) is 0 Å². The van der Waals surface area contributed by atoms with E-state index in [2.05, 4.69) is 17.1 Å². The van der Waals surface area contributed by atoms with Crippen molar-refractivity contribution in [3.05, 3.63) is 69.0 Å². The van der Waals surface area contributed by atoms with Gasteiger partial charge in [0.25, 0.3) is 11.6 Å². The molecule has 1 heterocycles. The number of hydrogen-bond acceptors (Lipinski definition) is 5. The molecule has 1 aliphatic heterocycles. The van der Waals surface area contributed by atoms with E-state index in [1.165, 1.54) is 18.4 Å². The van der Waals surface area contributed by atoms with Gasteiger partial charge in [0.1, 0.15) is 11.5 Å². The molecule has 0 unspecified atom stereocenters. The van der Waals surface area contributed by atoms with Gasteiger partial charge in [-0.3, -0.25) is 19.8 Å². The molecule has 3 rings (SSSR count). The Labute approximate surface area is 168 Å². The largest absolute Gasteiger partial charge is 0.393 e. The normalized spacial score (nSPS) is 15.2. The SMILES string of the molecule is CC1CCN(Cc2ccc(CNC(=O)c3cc(F)cc([N+](=O)[O-])c3N)cc2)CC1. The maximum Gasteiger partial charge on any atom is 0.295 e. The summed E-state index contributed by atoms with van der Waals surface area (Å²) in [5.74, 6) is -0.741. The molecular formula is C21H25FN4O3. The molecule has 1 amide bonds. The van der Waals surface area contributed by atoms with Crippen LogP contribution in [0.1, 0.15) is 41.3 Å². The molecule has 0 aliphatic carbocycles. The van der Waals surface area contributed by atoms with Crippen LogP contribution in [0.25, 0.3) is 0 Å². The lowest BCUT2D eigenvalue weighted by Gasteiger charge is -2.30. The minimum absolute atomic E-state index is 0.212. The van der Waals surface area contributed by atoms with E-state index >= 15 is 0 Å². The summed E-state index contributed by atoms with van der Waals surface area (Å²) in [5, 5.41) is 13.6. The number of nitrogens with one attached hydrogen (secondary N) is 1. The quantitative estimate of drug-likeness (QED) is 0.439. The monoisotopic (exact) mass is 400 g/mol. The lowest BCUT2D eigenvalue weighted by molar-refractivity contribution is -0.384. The summed E-state index contributed by atoms with van der Waals surface area (Å²) in [4.78, 5) is 24.9. The van der Waals surface area contributed by atoms with Crippen molar-refractivity contribution in [1.82, 2.24) is 10.2 Å². The zero-order valence-electron chi connectivity index (χ0n) is 16.4. The number of nitrogens with zero attached hydrogens (tertiary/aromatic N) is 2. The Kier molecular flexibility index (Phi) is 6.43. The summed E-state index contributed by atoms with van der Waals surface area (Å²) in [7, 11) is 0. The molecule has 0 bridgehead atoms. The molecule has 0 saturated carbocycles. The second-order valence-electron chi connectivity index (χ2n) is 7.60. The number of halogens is 1. The van der Waals surface area contributed by atoms with Crippen LogP contribution in [0.4, 0.5) is 15.8 Å². The third-order valence-electron chi connectivity index (χ3n) is 5.32. The van der Waals surface area contributed by atoms with Crippen molar-refractivity contribution in [3.8, 4) is 0 Å². The highest BCUT2D eigenvalue weighted by Crippen LogP contribution is 2.26. The Morgan fingerprint density at radius 2 is 1.86 bits per heavy atom. The van der Waals surface area contributed by atoms with Crippen molar-refractivity contribution < 1.29 is 14.1 Å². The fourth-order valence-corrected chi connectivity index (χ4v) is 3.46. The van der Waals surface area contributed by atoms with Crippen LogP contribution in [-0.2, 0) is 13.1 Å². The molecule has 0 spiro atoms. The first-order chi connectivity index (χ1) is 13.8. The fraction of sp³-hybridized carbons (Fsp3) is 0.381. The number of rotatable bonds is 6. The number of nitrogen functional groups attached to an aromatic ring is 1. The number of nitro groups is 1. The molecule has 0 aromatic heterocycles. The first kappa shape index (κ1) is 20.7. The van der Waals surface area contributed by atoms with Crippen LogP contribution in [0, 0.1) is 21.8 Å². The maximum absolute atomic E-state index is 13.6. The van der Waals surface area contributed by atoms with E-state index in [1.807, 2.05) is 24.3 Å². The van der Waals surface area contributed by atoms with Crippen molar-refractivity contribution >= 4 is 17.3 Å². The maximum atomic E-state index is 13.6. The molecule has 2 aromatic rings. The highest BCUT2D eigenvalue weighted by molar-refractivity contribution is 6.01. The molecule has 1 fully saturated rings. The number of hydrogen-bond donors (Lipinski definition) is 2. The van der Waals surface area contributed by atoms with E-state index in [1.54, 1.807) is 0 Å². The van der Waals surface area contributed by atoms with Crippen molar-refractivity contribution in [3.63, 3.8) is 0 Å². The van der Waals surface area contributed by atoms with Gasteiger partial charge in [0, 0.05) is 13.1 Å². The predicted octanol–water partition coefficient (Wildman–Crippen LogP) is 3.48. The number of carbonyl (C=O) groups is 1. The summed E-state index contributed by atoms with van der Waals surface area (Å²) in [6.07, 6.45) is 2.46. The molecule has 8 heteroatoms. The number of carbonyl (C=O) groups excluding carboxylic acids is 1. The zero-order valence-corrected chi connectivity index (χ0v) is 16.4. The van der Waals surface area contributed by atoms with Gasteiger partial charge in [-0.2, -0.15) is 0 Å². The molecule has 2 aromatic carbocycles. The Hall–Kier alpha value is -3.00. The third kappa shape index (κ3) is 5.29. The van der Waals surface area contributed by atoms with E-state index in [0.717, 1.165) is 37.2 Å². The van der Waals surface area contributed by atoms with Crippen LogP contribution in [0.15, 0.2) is 36.4 Å². The average molecular weight is 400 g/mol. The summed E-state index contributed by atoms with van der Waals surface area (Å²) in [6.45, 7) is 5.63. The lowest BCUT2D eigenvalue weighted by Crippen LogP contribution is -2.32. The molecule has 29 heavy (non-hydrogen) atoms. The highest BCUT2D eigenvalue weighted by Gasteiger charge is 2.21. The van der Waals surface area contributed by atoms with Gasteiger partial charge in [0.2, 0.25) is 0 Å². The molecule has 7 nitrogen and oxygen atoms in total. The molecule has 0 atom stereocenters. The summed E-state index contributed by atoms with van der Waals surface area (Å²) in [5.41, 5.74) is 6.54. The third-order valence-corrected chi connectivity index (χ3v) is 5.32. The van der Waals surface area contributed by atoms with Crippen molar-refractivity contribution in [1.29, 1.82) is 0 Å². The smallest absolute Gasteiger partial charge is 0.295 e. The fourth-order valence-electron chi connectivity index (χ4n) is 3.46. The predicted molar refractivity (Wildman–Crippen MR) is 109 cm³/mol. The molecular weight excluding hydrogens is 375 g/mol. The summed E-state index contributed by atoms with van der Waals surface area (Å²) >= 11 is 0. The van der Waals surface area contributed by atoms with Gasteiger partial charge in [-0.1, -0.05) is 31.2 Å². The molecule has 154 valence electrons. The standard InChI is InChI=1S/C21H25FN4O3/c1-14-6-8-25(9-7-14)13-16-4-2-15(3-5-16)12-24-21(27)18-10-17(22)11-19(20(18)23)26(28)29/h2-5,10-11,14H,6-9,12-13,23H2,1H3,(H,24,27). The van der Waals surface area contributed by atoms with Gasteiger partial charge < -0.3 is 11.1 Å². The minimum atomic E-state index is -0.882. The number of nitrogens with two attached hydrogens (primary N) is 1. The molecule has 1 aliphatic rings. The molecule has 1 saturated heterocycles. The number of benzene rings is 2. The van der Waals surface area contributed by atoms with Crippen molar-refractivity contribution in [2.75, 3.05) is 18.8 Å². The number of amides is 1. The topological polar surface area (TPSA) is 102 Å².